The number of ketones is 1. The summed E-state index contributed by atoms with van der Waals surface area (Å²) in [7, 11) is 1.31. The van der Waals surface area contributed by atoms with Gasteiger partial charge in [-0.1, -0.05) is 16.8 Å². The van der Waals surface area contributed by atoms with E-state index in [1.54, 1.807) is 0 Å². The van der Waals surface area contributed by atoms with Crippen molar-refractivity contribution in [2.75, 3.05) is 31.7 Å². The van der Waals surface area contributed by atoms with Crippen molar-refractivity contribution in [2.24, 2.45) is 5.16 Å². The molecule has 0 spiro atoms. The summed E-state index contributed by atoms with van der Waals surface area (Å²) < 4.78 is 3.75. The van der Waals surface area contributed by atoms with Crippen LogP contribution in [0.2, 0.25) is 5.02 Å². The van der Waals surface area contributed by atoms with Crippen LogP contribution in [0.15, 0.2) is 22.7 Å². The number of carboxylic acids is 2. The lowest BCUT2D eigenvalue weighted by atomic mass is 10.1. The number of oxime groups is 1. The van der Waals surface area contributed by atoms with Gasteiger partial charge < -0.3 is 51.3 Å². The smallest absolute Gasteiger partial charge is 0.350 e. The highest BCUT2D eigenvalue weighted by Gasteiger charge is 2.63. The number of carbonyl (C=O) groups is 6. The van der Waals surface area contributed by atoms with Crippen LogP contribution in [-0.2, 0) is 33.5 Å². The highest BCUT2D eigenvalue weighted by atomic mass is 35.5. The number of phenols is 2. The monoisotopic (exact) mass is 760 g/mol. The summed E-state index contributed by atoms with van der Waals surface area (Å²) in [6, 6.07) is 0.877. The summed E-state index contributed by atoms with van der Waals surface area (Å²) >= 11 is 8.67. The molecule has 3 amide bonds. The number of aromatic hydroxyl groups is 2. The largest absolute Gasteiger partial charge is 0.504 e. The molecule has 264 valence electrons. The number of halogens is 1. The maximum atomic E-state index is 13.3. The first-order valence-corrected chi connectivity index (χ1v) is 17.0. The number of hydrogen-bond donors (Lipinski definition) is 7. The van der Waals surface area contributed by atoms with E-state index in [0.717, 1.165) is 47.0 Å². The predicted molar refractivity (Wildman–Crippen MR) is 177 cm³/mol. The topological polar surface area (TPSA) is 280 Å². The maximum absolute atomic E-state index is 13.3. The lowest BCUT2D eigenvalue weighted by Crippen LogP contribution is -2.68. The number of hydrogen-bond acceptors (Lipinski definition) is 16. The zero-order chi connectivity index (χ0) is 36.4. The Morgan fingerprint density at radius 2 is 1.94 bits per heavy atom. The standard InChI is InChI=1S/C27H29ClN6O12S3/c1-26(2,23(41)42)46-33-15(12-8-47-25(29)31-12)19(38)32-16-21(40)34-9-27(24(43)44,49-22(16)34)48-7-10(45-3)6-30-20(39)17(36)11-4-5-13(35)18(37)14(11)28/h4-5,8,10,16,22,35,37H,6-7,9H2,1-3H3,(H2,29,31)(H,30,39)(H,32,38)(H,41,42)(H,43,44)/b33-15-/t10-,16?,22+,27?/m0/s1. The fourth-order valence-electron chi connectivity index (χ4n) is 4.26. The molecule has 2 unspecified atom stereocenters. The van der Waals surface area contributed by atoms with Gasteiger partial charge >= 0.3 is 11.9 Å². The van der Waals surface area contributed by atoms with Crippen molar-refractivity contribution in [1.29, 1.82) is 0 Å². The first kappa shape index (κ1) is 37.5. The number of ether oxygens (including phenoxy) is 1. The third-order valence-electron chi connectivity index (χ3n) is 7.18. The van der Waals surface area contributed by atoms with E-state index in [9.17, 15) is 49.2 Å². The van der Waals surface area contributed by atoms with Gasteiger partial charge in [0, 0.05) is 24.8 Å². The van der Waals surface area contributed by atoms with Crippen molar-refractivity contribution in [3.05, 3.63) is 33.8 Å². The van der Waals surface area contributed by atoms with Crippen LogP contribution >= 0.6 is 46.5 Å². The molecule has 2 saturated heterocycles. The average molecular weight is 761 g/mol. The Balaban J connectivity index is 1.40. The van der Waals surface area contributed by atoms with Crippen LogP contribution in [0.25, 0.3) is 0 Å². The Morgan fingerprint density at radius 3 is 2.53 bits per heavy atom. The Morgan fingerprint density at radius 1 is 1.24 bits per heavy atom. The van der Waals surface area contributed by atoms with E-state index in [4.69, 9.17) is 26.9 Å². The van der Waals surface area contributed by atoms with Crippen molar-refractivity contribution < 1.29 is 58.8 Å². The maximum Gasteiger partial charge on any atom is 0.350 e. The van der Waals surface area contributed by atoms with Crippen LogP contribution in [0.4, 0.5) is 5.13 Å². The molecule has 4 rings (SSSR count). The van der Waals surface area contributed by atoms with Crippen LogP contribution in [0, 0.1) is 0 Å². The van der Waals surface area contributed by atoms with Gasteiger partial charge in [-0.2, -0.15) is 0 Å². The minimum Gasteiger partial charge on any atom is -0.504 e. The molecule has 4 atom stereocenters. The fourth-order valence-corrected chi connectivity index (χ4v) is 8.22. The molecule has 2 aliphatic rings. The number of anilines is 1. The zero-order valence-corrected chi connectivity index (χ0v) is 28.9. The number of thioether (sulfide) groups is 2. The Bertz CT molecular complexity index is 1740. The molecule has 0 saturated carbocycles. The van der Waals surface area contributed by atoms with Crippen LogP contribution in [0.3, 0.4) is 0 Å². The summed E-state index contributed by atoms with van der Waals surface area (Å²) in [4.78, 5) is 85.7. The Hall–Kier alpha value is -4.31. The third-order valence-corrected chi connectivity index (χ3v) is 11.6. The molecule has 1 aromatic carbocycles. The normalized spacial score (nSPS) is 20.9. The number of carboxylic acid groups (broad SMARTS) is 2. The van der Waals surface area contributed by atoms with Crippen LogP contribution in [0.1, 0.15) is 29.9 Å². The molecule has 2 aromatic rings. The predicted octanol–water partition coefficient (Wildman–Crippen LogP) is 0.302. The number of Topliss-reactive ketones (excluding diaryl/α,β-unsaturated/α-hetero) is 1. The summed E-state index contributed by atoms with van der Waals surface area (Å²) in [5, 5.41) is 47.5. The van der Waals surface area contributed by atoms with E-state index in [-0.39, 0.29) is 35.2 Å². The summed E-state index contributed by atoms with van der Waals surface area (Å²) in [5.74, 6) is -7.73. The number of phenolic OH excluding ortho intramolecular Hbond substituents is 2. The average Bonchev–Trinajstić information content (AvgIpc) is 3.64. The fraction of sp³-hybridized carbons (Fsp3) is 0.407. The highest BCUT2D eigenvalue weighted by Crippen LogP contribution is 2.52. The molecular formula is C27H29ClN6O12S3. The lowest BCUT2D eigenvalue weighted by molar-refractivity contribution is -0.161. The van der Waals surface area contributed by atoms with Gasteiger partial charge in [-0.3, -0.25) is 19.2 Å². The second kappa shape index (κ2) is 14.7. The first-order chi connectivity index (χ1) is 22.9. The molecule has 0 bridgehead atoms. The number of fused-ring (bicyclic) bond motifs is 1. The van der Waals surface area contributed by atoms with Crippen molar-refractivity contribution in [3.8, 4) is 11.5 Å². The van der Waals surface area contributed by atoms with E-state index < -0.39 is 84.9 Å². The minimum absolute atomic E-state index is 0.0183. The second-order valence-corrected chi connectivity index (χ2v) is 15.2. The molecular weight excluding hydrogens is 732 g/mol. The number of carbonyl (C=O) groups excluding carboxylic acids is 4. The van der Waals surface area contributed by atoms with Crippen molar-refractivity contribution in [3.63, 3.8) is 0 Å². The van der Waals surface area contributed by atoms with Crippen LogP contribution in [0.5, 0.6) is 11.5 Å². The molecule has 2 fully saturated rings. The molecule has 0 aliphatic carbocycles. The lowest BCUT2D eigenvalue weighted by Gasteiger charge is -2.41. The number of β-lactam (4-membered cyclic amide) rings is 1. The Kier molecular flexibility index (Phi) is 11.2. The van der Waals surface area contributed by atoms with Gasteiger partial charge in [-0.15, -0.1) is 34.9 Å². The van der Waals surface area contributed by atoms with E-state index in [2.05, 4.69) is 20.8 Å². The SMILES string of the molecule is CO[C@@H](CNC(=O)C(=O)c1ccc(O)c(O)c1Cl)CSC1(C(=O)O)CN2C(=O)C(NC(=O)/C(=N\OC(C)(C)C(=O)O)c3csc(N)n3)[C@H]2S1. The zero-order valence-electron chi connectivity index (χ0n) is 25.7. The van der Waals surface area contributed by atoms with E-state index in [1.165, 1.54) is 31.2 Å². The van der Waals surface area contributed by atoms with Crippen LogP contribution < -0.4 is 16.4 Å². The molecule has 0 radical (unpaired) electrons. The summed E-state index contributed by atoms with van der Waals surface area (Å²) in [6.45, 7) is 1.94. The van der Waals surface area contributed by atoms with Gasteiger partial charge in [-0.25, -0.2) is 14.6 Å². The van der Waals surface area contributed by atoms with Gasteiger partial charge in [0.25, 0.3) is 17.6 Å². The number of benzene rings is 1. The molecule has 1 aromatic heterocycles. The van der Waals surface area contributed by atoms with E-state index >= 15 is 0 Å². The second-order valence-electron chi connectivity index (χ2n) is 10.9. The third kappa shape index (κ3) is 7.80. The number of methoxy groups -OCH3 is 1. The number of aliphatic carboxylic acids is 2. The van der Waals surface area contributed by atoms with Gasteiger partial charge in [0.1, 0.15) is 17.1 Å². The van der Waals surface area contributed by atoms with Gasteiger partial charge in [0.2, 0.25) is 11.5 Å². The first-order valence-electron chi connectivity index (χ1n) is 13.9. The van der Waals surface area contributed by atoms with E-state index in [1.807, 2.05) is 0 Å². The number of aromatic nitrogens is 1. The molecule has 3 heterocycles. The number of nitrogens with one attached hydrogen (secondary N) is 2. The number of nitrogens with two attached hydrogens (primary N) is 1. The molecule has 2 aliphatic heterocycles. The number of amides is 3. The Labute approximate surface area is 294 Å². The highest BCUT2D eigenvalue weighted by molar-refractivity contribution is 8.20. The quantitative estimate of drug-likeness (QED) is 0.0321. The van der Waals surface area contributed by atoms with Crippen LogP contribution in [-0.4, -0.2) is 125 Å². The molecule has 18 nitrogen and oxygen atoms in total. The number of rotatable bonds is 15. The number of nitrogen functional groups attached to an aromatic ring is 1. The van der Waals surface area contributed by atoms with Gasteiger partial charge in [0.15, 0.2) is 26.4 Å². The summed E-state index contributed by atoms with van der Waals surface area (Å²) in [6.07, 6.45) is -0.805. The van der Waals surface area contributed by atoms with Crippen molar-refractivity contribution in [2.45, 2.75) is 41.0 Å². The summed E-state index contributed by atoms with van der Waals surface area (Å²) in [5.41, 5.74) is 3.01. The molecule has 49 heavy (non-hydrogen) atoms. The van der Waals surface area contributed by atoms with Crippen molar-refractivity contribution in [1.82, 2.24) is 20.5 Å². The number of thiazole rings is 1. The molecule has 8 N–H and O–H groups in total. The van der Waals surface area contributed by atoms with E-state index in [0.29, 0.717) is 0 Å². The van der Waals surface area contributed by atoms with Gasteiger partial charge in [-0.05, 0) is 26.0 Å². The number of nitrogens with zero attached hydrogens (tertiary/aromatic N) is 3. The molecule has 22 heteroatoms. The van der Waals surface area contributed by atoms with Crippen molar-refractivity contribution >= 4 is 92.7 Å². The minimum atomic E-state index is -1.82. The van der Waals surface area contributed by atoms with Gasteiger partial charge in [0.05, 0.1) is 23.2 Å².